The molecule has 1 heterocycles. The van der Waals surface area contributed by atoms with Crippen LogP contribution in [0.1, 0.15) is 18.9 Å². The Morgan fingerprint density at radius 2 is 2.20 bits per heavy atom. The molecule has 2 nitrogen and oxygen atoms in total. The second kappa shape index (κ2) is 4.25. The summed E-state index contributed by atoms with van der Waals surface area (Å²) >= 11 is 5.97. The maximum absolute atomic E-state index is 5.97. The molecule has 2 rings (SSSR count). The third-order valence-corrected chi connectivity index (χ3v) is 2.70. The van der Waals surface area contributed by atoms with E-state index in [0.717, 1.165) is 18.6 Å². The van der Waals surface area contributed by atoms with Gasteiger partial charge in [-0.1, -0.05) is 17.7 Å². The first-order valence-electron chi connectivity index (χ1n) is 5.04. The van der Waals surface area contributed by atoms with Crippen LogP contribution in [0.3, 0.4) is 0 Å². The predicted octanol–water partition coefficient (Wildman–Crippen LogP) is 3.11. The van der Waals surface area contributed by atoms with E-state index >= 15 is 0 Å². The second-order valence-corrected chi connectivity index (χ2v) is 4.23. The van der Waals surface area contributed by atoms with Gasteiger partial charge in [-0.3, -0.25) is 0 Å². The van der Waals surface area contributed by atoms with Crippen LogP contribution >= 0.6 is 11.6 Å². The van der Waals surface area contributed by atoms with Crippen molar-refractivity contribution in [1.82, 2.24) is 0 Å². The molecule has 0 spiro atoms. The summed E-state index contributed by atoms with van der Waals surface area (Å²) in [5.41, 5.74) is 8.84. The minimum absolute atomic E-state index is 0.175. The van der Waals surface area contributed by atoms with E-state index < -0.39 is 0 Å². The highest BCUT2D eigenvalue weighted by Crippen LogP contribution is 2.27. The zero-order valence-electron chi connectivity index (χ0n) is 8.66. The molecule has 0 amide bonds. The van der Waals surface area contributed by atoms with Crippen LogP contribution in [0.25, 0.3) is 5.57 Å². The molecule has 0 saturated heterocycles. The molecule has 3 heteroatoms. The average molecular weight is 224 g/mol. The quantitative estimate of drug-likeness (QED) is 0.743. The monoisotopic (exact) mass is 223 g/mol. The molecule has 1 aliphatic heterocycles. The number of nitrogens with two attached hydrogens (primary N) is 1. The Labute approximate surface area is 94.7 Å². The van der Waals surface area contributed by atoms with Gasteiger partial charge in [-0.25, -0.2) is 0 Å². The number of anilines is 1. The van der Waals surface area contributed by atoms with Crippen LogP contribution in [0.2, 0.25) is 5.02 Å². The molecular weight excluding hydrogens is 210 g/mol. The van der Waals surface area contributed by atoms with E-state index in [1.54, 1.807) is 6.07 Å². The molecular formula is C12H14ClNO. The van der Waals surface area contributed by atoms with Crippen molar-refractivity contribution in [2.24, 2.45) is 0 Å². The Bertz CT molecular complexity index is 380. The molecule has 0 saturated carbocycles. The zero-order chi connectivity index (χ0) is 10.8. The predicted molar refractivity (Wildman–Crippen MR) is 63.9 cm³/mol. The average Bonchev–Trinajstić information content (AvgIpc) is 2.16. The first kappa shape index (κ1) is 10.5. The van der Waals surface area contributed by atoms with Crippen molar-refractivity contribution < 1.29 is 4.74 Å². The summed E-state index contributed by atoms with van der Waals surface area (Å²) in [6.07, 6.45) is 3.22. The summed E-state index contributed by atoms with van der Waals surface area (Å²) in [6, 6.07) is 5.66. The number of nitrogen functional groups attached to an aromatic ring is 1. The Morgan fingerprint density at radius 1 is 1.40 bits per heavy atom. The highest BCUT2D eigenvalue weighted by molar-refractivity contribution is 6.31. The minimum atomic E-state index is 0.175. The molecule has 1 aliphatic rings. The van der Waals surface area contributed by atoms with Gasteiger partial charge in [0, 0.05) is 10.7 Å². The number of rotatable bonds is 1. The van der Waals surface area contributed by atoms with Crippen LogP contribution in [0.4, 0.5) is 5.69 Å². The van der Waals surface area contributed by atoms with Crippen molar-refractivity contribution in [1.29, 1.82) is 0 Å². The van der Waals surface area contributed by atoms with Crippen molar-refractivity contribution in [3.8, 4) is 0 Å². The number of hydrogen-bond acceptors (Lipinski definition) is 2. The van der Waals surface area contributed by atoms with Crippen LogP contribution < -0.4 is 5.73 Å². The standard InChI is InChI=1S/C12H14ClNO/c1-8-4-9(2-3-15-8)10-5-11(13)7-12(14)6-10/h4-8H,2-3,14H2,1H3. The van der Waals surface area contributed by atoms with Crippen molar-refractivity contribution in [3.05, 3.63) is 34.9 Å². The largest absolute Gasteiger partial charge is 0.399 e. The van der Waals surface area contributed by atoms with Gasteiger partial charge >= 0.3 is 0 Å². The lowest BCUT2D eigenvalue weighted by Gasteiger charge is -2.19. The summed E-state index contributed by atoms with van der Waals surface area (Å²) in [4.78, 5) is 0. The molecule has 0 fully saturated rings. The van der Waals surface area contributed by atoms with Gasteiger partial charge in [0.2, 0.25) is 0 Å². The maximum Gasteiger partial charge on any atom is 0.0733 e. The first-order valence-corrected chi connectivity index (χ1v) is 5.41. The van der Waals surface area contributed by atoms with Crippen molar-refractivity contribution >= 4 is 22.9 Å². The van der Waals surface area contributed by atoms with E-state index in [2.05, 4.69) is 6.08 Å². The van der Waals surface area contributed by atoms with E-state index in [-0.39, 0.29) is 6.10 Å². The molecule has 1 aromatic carbocycles. The molecule has 15 heavy (non-hydrogen) atoms. The Morgan fingerprint density at radius 3 is 2.87 bits per heavy atom. The van der Waals surface area contributed by atoms with E-state index in [0.29, 0.717) is 10.7 Å². The van der Waals surface area contributed by atoms with Crippen LogP contribution in [-0.4, -0.2) is 12.7 Å². The van der Waals surface area contributed by atoms with Gasteiger partial charge in [-0.2, -0.15) is 0 Å². The van der Waals surface area contributed by atoms with E-state index in [1.165, 1.54) is 5.57 Å². The number of hydrogen-bond donors (Lipinski definition) is 1. The second-order valence-electron chi connectivity index (χ2n) is 3.79. The lowest BCUT2D eigenvalue weighted by Crippen LogP contribution is -2.12. The van der Waals surface area contributed by atoms with Crippen LogP contribution in [0.5, 0.6) is 0 Å². The number of benzene rings is 1. The van der Waals surface area contributed by atoms with E-state index in [1.807, 2.05) is 19.1 Å². The Hall–Kier alpha value is -0.990. The lowest BCUT2D eigenvalue weighted by molar-refractivity contribution is 0.0951. The van der Waals surface area contributed by atoms with Gasteiger partial charge in [0.25, 0.3) is 0 Å². The van der Waals surface area contributed by atoms with Crippen LogP contribution in [-0.2, 0) is 4.74 Å². The van der Waals surface area contributed by atoms with Gasteiger partial charge in [0.15, 0.2) is 0 Å². The minimum Gasteiger partial charge on any atom is -0.399 e. The summed E-state index contributed by atoms with van der Waals surface area (Å²) in [5.74, 6) is 0. The Balaban J connectivity index is 2.36. The molecule has 80 valence electrons. The van der Waals surface area contributed by atoms with E-state index in [9.17, 15) is 0 Å². The number of ether oxygens (including phenoxy) is 1. The van der Waals surface area contributed by atoms with Crippen molar-refractivity contribution in [3.63, 3.8) is 0 Å². The fourth-order valence-electron chi connectivity index (χ4n) is 1.81. The van der Waals surface area contributed by atoms with Crippen LogP contribution in [0.15, 0.2) is 24.3 Å². The lowest BCUT2D eigenvalue weighted by atomic mass is 9.99. The van der Waals surface area contributed by atoms with Gasteiger partial charge in [-0.15, -0.1) is 0 Å². The molecule has 1 unspecified atom stereocenters. The summed E-state index contributed by atoms with van der Waals surface area (Å²) in [5, 5.41) is 0.685. The third kappa shape index (κ3) is 2.52. The smallest absolute Gasteiger partial charge is 0.0733 e. The first-order chi connectivity index (χ1) is 7.15. The summed E-state index contributed by atoms with van der Waals surface area (Å²) in [6.45, 7) is 2.80. The van der Waals surface area contributed by atoms with Gasteiger partial charge in [-0.05, 0) is 42.7 Å². The summed E-state index contributed by atoms with van der Waals surface area (Å²) in [7, 11) is 0. The zero-order valence-corrected chi connectivity index (χ0v) is 9.42. The van der Waals surface area contributed by atoms with Crippen LogP contribution in [0, 0.1) is 0 Å². The van der Waals surface area contributed by atoms with Gasteiger partial charge in [0.1, 0.15) is 0 Å². The van der Waals surface area contributed by atoms with Gasteiger partial charge < -0.3 is 10.5 Å². The maximum atomic E-state index is 5.97. The number of halogens is 1. The topological polar surface area (TPSA) is 35.2 Å². The molecule has 1 atom stereocenters. The third-order valence-electron chi connectivity index (χ3n) is 2.48. The molecule has 2 N–H and O–H groups in total. The van der Waals surface area contributed by atoms with Crippen molar-refractivity contribution in [2.75, 3.05) is 12.3 Å². The SMILES string of the molecule is CC1C=C(c2cc(N)cc(Cl)c2)CCO1. The molecule has 1 aromatic rings. The molecule has 0 radical (unpaired) electrons. The van der Waals surface area contributed by atoms with E-state index in [4.69, 9.17) is 22.1 Å². The molecule has 0 aromatic heterocycles. The van der Waals surface area contributed by atoms with Gasteiger partial charge in [0.05, 0.1) is 12.7 Å². The van der Waals surface area contributed by atoms with Crippen molar-refractivity contribution in [2.45, 2.75) is 19.4 Å². The highest BCUT2D eigenvalue weighted by atomic mass is 35.5. The Kier molecular flexibility index (Phi) is 2.98. The summed E-state index contributed by atoms with van der Waals surface area (Å²) < 4.78 is 5.45. The normalized spacial score (nSPS) is 21.2. The molecule has 0 bridgehead atoms. The molecule has 0 aliphatic carbocycles. The fraction of sp³-hybridized carbons (Fsp3) is 0.333. The fourth-order valence-corrected chi connectivity index (χ4v) is 2.05. The highest BCUT2D eigenvalue weighted by Gasteiger charge is 2.11.